The van der Waals surface area contributed by atoms with E-state index in [1.54, 1.807) is 12.1 Å². The van der Waals surface area contributed by atoms with Crippen LogP contribution in [-0.2, 0) is 19.6 Å². The van der Waals surface area contributed by atoms with Crippen LogP contribution in [0.4, 0.5) is 22.0 Å². The minimum atomic E-state index is -0.251. The van der Waals surface area contributed by atoms with E-state index in [9.17, 15) is 4.39 Å². The van der Waals surface area contributed by atoms with Crippen LogP contribution in [0.5, 0.6) is 0 Å². The van der Waals surface area contributed by atoms with Crippen LogP contribution in [0.3, 0.4) is 0 Å². The molecule has 0 radical (unpaired) electrons. The van der Waals surface area contributed by atoms with E-state index in [0.717, 1.165) is 43.4 Å². The minimum absolute atomic E-state index is 0.251. The number of fused-ring (bicyclic) bond motifs is 1. The average Bonchev–Trinajstić information content (AvgIpc) is 3.29. The lowest BCUT2D eigenvalue weighted by Gasteiger charge is -2.29. The van der Waals surface area contributed by atoms with Crippen molar-refractivity contribution in [2.24, 2.45) is 0 Å². The second-order valence-electron chi connectivity index (χ2n) is 8.51. The normalized spacial score (nSPS) is 15.3. The first-order valence-corrected chi connectivity index (χ1v) is 11.8. The quantitative estimate of drug-likeness (QED) is 0.537. The number of anilines is 3. The Labute approximate surface area is 198 Å². The van der Waals surface area contributed by atoms with Crippen molar-refractivity contribution in [3.63, 3.8) is 0 Å². The molecule has 3 heterocycles. The lowest BCUT2D eigenvalue weighted by atomic mass is 10.1. The molecule has 0 amide bonds. The molecule has 0 atom stereocenters. The Balaban J connectivity index is 1.33. The first-order valence-electron chi connectivity index (χ1n) is 11.4. The molecule has 0 aliphatic carbocycles. The second kappa shape index (κ2) is 9.70. The smallest absolute Gasteiger partial charge is 0.232 e. The van der Waals surface area contributed by atoms with E-state index in [4.69, 9.17) is 22.2 Å². The molecule has 0 bridgehead atoms. The summed E-state index contributed by atoms with van der Waals surface area (Å²) in [5, 5.41) is 6.75. The van der Waals surface area contributed by atoms with Crippen molar-refractivity contribution >= 4 is 34.9 Å². The van der Waals surface area contributed by atoms with Gasteiger partial charge < -0.3 is 20.4 Å². The molecule has 33 heavy (non-hydrogen) atoms. The van der Waals surface area contributed by atoms with Crippen molar-refractivity contribution in [1.82, 2.24) is 15.3 Å². The van der Waals surface area contributed by atoms with Crippen LogP contribution in [0.25, 0.3) is 0 Å². The number of nitrogens with one attached hydrogen (secondary N) is 2. The molecule has 6 nitrogen and oxygen atoms in total. The Kier molecular flexibility index (Phi) is 6.35. The van der Waals surface area contributed by atoms with E-state index in [1.165, 1.54) is 42.5 Å². The van der Waals surface area contributed by atoms with Crippen LogP contribution in [-0.4, -0.2) is 28.2 Å². The number of halogens is 1. The summed E-state index contributed by atoms with van der Waals surface area (Å²) >= 11 is 5.49. The molecule has 1 fully saturated rings. The summed E-state index contributed by atoms with van der Waals surface area (Å²) < 4.78 is 13.1. The third kappa shape index (κ3) is 5.22. The van der Waals surface area contributed by atoms with Gasteiger partial charge in [-0.2, -0.15) is 9.97 Å². The van der Waals surface area contributed by atoms with Gasteiger partial charge in [0, 0.05) is 38.8 Å². The molecule has 0 saturated carbocycles. The Bertz CT molecular complexity index is 1100. The summed E-state index contributed by atoms with van der Waals surface area (Å²) in [6, 6.07) is 17.0. The van der Waals surface area contributed by atoms with Gasteiger partial charge in [-0.05, 0) is 60.3 Å². The monoisotopic (exact) mass is 462 g/mol. The number of hydrogen-bond acceptors (Lipinski definition) is 5. The molecular weight excluding hydrogens is 435 g/mol. The Morgan fingerprint density at radius 1 is 0.879 bits per heavy atom. The van der Waals surface area contributed by atoms with Gasteiger partial charge in [0.1, 0.15) is 17.5 Å². The SMILES string of the molecule is Fc1ccc(CNC(=S)Nc2nc(N3CCCCC3)cc(N3Cc4ccccc4C3)n2)cc1. The topological polar surface area (TPSA) is 56.3 Å². The zero-order chi connectivity index (χ0) is 22.6. The highest BCUT2D eigenvalue weighted by Crippen LogP contribution is 2.30. The van der Waals surface area contributed by atoms with Crippen LogP contribution in [0.1, 0.15) is 36.0 Å². The fourth-order valence-electron chi connectivity index (χ4n) is 4.35. The molecule has 0 unspecified atom stereocenters. The number of thiocarbonyl (C=S) groups is 1. The maximum Gasteiger partial charge on any atom is 0.232 e. The predicted molar refractivity (Wildman–Crippen MR) is 134 cm³/mol. The minimum Gasteiger partial charge on any atom is -0.358 e. The van der Waals surface area contributed by atoms with Gasteiger partial charge in [0.15, 0.2) is 5.11 Å². The lowest BCUT2D eigenvalue weighted by molar-refractivity contribution is 0.573. The summed E-state index contributed by atoms with van der Waals surface area (Å²) in [6.45, 7) is 4.16. The third-order valence-electron chi connectivity index (χ3n) is 6.14. The highest BCUT2D eigenvalue weighted by Gasteiger charge is 2.23. The molecule has 2 aliphatic rings. The van der Waals surface area contributed by atoms with E-state index in [2.05, 4.69) is 50.8 Å². The van der Waals surface area contributed by atoms with Gasteiger partial charge in [-0.1, -0.05) is 36.4 Å². The zero-order valence-corrected chi connectivity index (χ0v) is 19.2. The standard InChI is InChI=1S/C25H27FN6S/c26-21-10-8-18(9-11-21)15-27-25(33)30-24-28-22(31-12-4-1-5-13-31)14-23(29-24)32-16-19-6-2-3-7-20(19)17-32/h2-3,6-11,14H,1,4-5,12-13,15-17H2,(H2,27,28,29,30,33). The number of benzene rings is 2. The second-order valence-corrected chi connectivity index (χ2v) is 8.92. The first kappa shape index (κ1) is 21.6. The highest BCUT2D eigenvalue weighted by atomic mass is 32.1. The van der Waals surface area contributed by atoms with Gasteiger partial charge in [0.25, 0.3) is 0 Å². The lowest BCUT2D eigenvalue weighted by Crippen LogP contribution is -2.32. The van der Waals surface area contributed by atoms with Crippen molar-refractivity contribution in [2.45, 2.75) is 38.9 Å². The first-order chi connectivity index (χ1) is 16.1. The Morgan fingerprint density at radius 2 is 1.52 bits per heavy atom. The van der Waals surface area contributed by atoms with Gasteiger partial charge in [0.05, 0.1) is 0 Å². The fraction of sp³-hybridized carbons (Fsp3) is 0.320. The summed E-state index contributed by atoms with van der Waals surface area (Å²) in [5.41, 5.74) is 3.61. The van der Waals surface area contributed by atoms with Gasteiger partial charge in [0.2, 0.25) is 5.95 Å². The summed E-state index contributed by atoms with van der Waals surface area (Å²) in [6.07, 6.45) is 3.61. The van der Waals surface area contributed by atoms with Crippen molar-refractivity contribution in [3.05, 3.63) is 77.1 Å². The zero-order valence-electron chi connectivity index (χ0n) is 18.4. The molecule has 1 aromatic heterocycles. The Hall–Kier alpha value is -3.26. The maximum absolute atomic E-state index is 13.1. The Morgan fingerprint density at radius 3 is 2.18 bits per heavy atom. The molecule has 1 saturated heterocycles. The molecule has 0 spiro atoms. The summed E-state index contributed by atoms with van der Waals surface area (Å²) in [5.74, 6) is 2.06. The molecule has 2 N–H and O–H groups in total. The van der Waals surface area contributed by atoms with Crippen LogP contribution in [0, 0.1) is 5.82 Å². The summed E-state index contributed by atoms with van der Waals surface area (Å²) in [7, 11) is 0. The van der Waals surface area contributed by atoms with E-state index < -0.39 is 0 Å². The molecule has 8 heteroatoms. The van der Waals surface area contributed by atoms with Gasteiger partial charge in [-0.25, -0.2) is 4.39 Å². The van der Waals surface area contributed by atoms with Gasteiger partial charge in [-0.3, -0.25) is 0 Å². The fourth-order valence-corrected chi connectivity index (χ4v) is 4.51. The van der Waals surface area contributed by atoms with Crippen LogP contribution >= 0.6 is 12.2 Å². The number of aromatic nitrogens is 2. The van der Waals surface area contributed by atoms with Crippen molar-refractivity contribution in [2.75, 3.05) is 28.2 Å². The van der Waals surface area contributed by atoms with Crippen molar-refractivity contribution in [3.8, 4) is 0 Å². The van der Waals surface area contributed by atoms with Gasteiger partial charge >= 0.3 is 0 Å². The highest BCUT2D eigenvalue weighted by molar-refractivity contribution is 7.80. The van der Waals surface area contributed by atoms with Crippen LogP contribution in [0.15, 0.2) is 54.6 Å². The molecule has 5 rings (SSSR count). The average molecular weight is 463 g/mol. The number of piperidine rings is 1. The molecular formula is C25H27FN6S. The molecule has 2 aliphatic heterocycles. The largest absolute Gasteiger partial charge is 0.358 e. The molecule has 3 aromatic rings. The van der Waals surface area contributed by atoms with Gasteiger partial charge in [-0.15, -0.1) is 0 Å². The predicted octanol–water partition coefficient (Wildman–Crippen LogP) is 4.61. The van der Waals surface area contributed by atoms with E-state index >= 15 is 0 Å². The van der Waals surface area contributed by atoms with E-state index in [1.807, 2.05) is 0 Å². The van der Waals surface area contributed by atoms with E-state index in [0.29, 0.717) is 17.6 Å². The maximum atomic E-state index is 13.1. The van der Waals surface area contributed by atoms with Crippen molar-refractivity contribution < 1.29 is 4.39 Å². The van der Waals surface area contributed by atoms with Crippen LogP contribution in [0.2, 0.25) is 0 Å². The number of rotatable bonds is 5. The number of hydrogen-bond donors (Lipinski definition) is 2. The molecule has 170 valence electrons. The summed E-state index contributed by atoms with van der Waals surface area (Å²) in [4.78, 5) is 14.2. The third-order valence-corrected chi connectivity index (χ3v) is 6.38. The van der Waals surface area contributed by atoms with Crippen molar-refractivity contribution in [1.29, 1.82) is 0 Å². The molecule has 2 aromatic carbocycles. The van der Waals surface area contributed by atoms with Crippen LogP contribution < -0.4 is 20.4 Å². The van der Waals surface area contributed by atoms with E-state index in [-0.39, 0.29) is 5.82 Å². The number of nitrogens with zero attached hydrogens (tertiary/aromatic N) is 4.